The summed E-state index contributed by atoms with van der Waals surface area (Å²) in [7, 11) is 2.24. The van der Waals surface area contributed by atoms with Crippen molar-refractivity contribution in [2.45, 2.75) is 44.0 Å². The molecule has 0 unspecified atom stereocenters. The van der Waals surface area contributed by atoms with E-state index in [-0.39, 0.29) is 0 Å². The Morgan fingerprint density at radius 2 is 2.38 bits per heavy atom. The largest absolute Gasteiger partial charge is 0.296 e. The molecule has 1 aliphatic rings. The van der Waals surface area contributed by atoms with Gasteiger partial charge in [-0.25, -0.2) is 4.98 Å². The van der Waals surface area contributed by atoms with Gasteiger partial charge in [-0.3, -0.25) is 4.90 Å². The van der Waals surface area contributed by atoms with Crippen molar-refractivity contribution in [3.8, 4) is 0 Å². The lowest BCUT2D eigenvalue weighted by molar-refractivity contribution is 0.239. The molecule has 0 aliphatic heterocycles. The zero-order chi connectivity index (χ0) is 11.5. The van der Waals surface area contributed by atoms with Crippen molar-refractivity contribution < 1.29 is 0 Å². The summed E-state index contributed by atoms with van der Waals surface area (Å²) in [6.45, 7) is 3.08. The first-order valence-corrected chi connectivity index (χ1v) is 8.01. The second-order valence-corrected chi connectivity index (χ2v) is 6.68. The van der Waals surface area contributed by atoms with E-state index in [1.165, 1.54) is 30.0 Å². The van der Waals surface area contributed by atoms with Crippen LogP contribution >= 0.6 is 23.1 Å². The Labute approximate surface area is 106 Å². The third kappa shape index (κ3) is 2.79. The molecule has 1 saturated carbocycles. The van der Waals surface area contributed by atoms with Gasteiger partial charge in [-0.2, -0.15) is 11.8 Å². The fraction of sp³-hybridized carbons (Fsp3) is 0.750. The number of aryl methyl sites for hydroxylation is 1. The minimum Gasteiger partial charge on any atom is -0.296 e. The van der Waals surface area contributed by atoms with Gasteiger partial charge in [-0.05, 0) is 33.1 Å². The highest BCUT2D eigenvalue weighted by Crippen LogP contribution is 2.32. The van der Waals surface area contributed by atoms with Crippen molar-refractivity contribution in [1.29, 1.82) is 0 Å². The van der Waals surface area contributed by atoms with Gasteiger partial charge in [0.15, 0.2) is 0 Å². The Kier molecular flexibility index (Phi) is 4.27. The molecule has 1 heterocycles. The van der Waals surface area contributed by atoms with Gasteiger partial charge >= 0.3 is 0 Å². The number of thiazole rings is 1. The number of hydrogen-bond donors (Lipinski definition) is 0. The number of thioether (sulfide) groups is 1. The molecule has 1 aliphatic carbocycles. The van der Waals surface area contributed by atoms with E-state index in [0.717, 1.165) is 17.8 Å². The lowest BCUT2D eigenvalue weighted by atomic mass is 10.2. The predicted octanol–water partition coefficient (Wildman–Crippen LogP) is 3.17. The average molecular weight is 256 g/mol. The fourth-order valence-corrected chi connectivity index (χ4v) is 4.20. The Morgan fingerprint density at radius 1 is 1.56 bits per heavy atom. The fourth-order valence-electron chi connectivity index (χ4n) is 2.54. The summed E-state index contributed by atoms with van der Waals surface area (Å²) < 4.78 is 0. The summed E-state index contributed by atoms with van der Waals surface area (Å²) >= 11 is 3.78. The molecule has 0 N–H and O–H groups in total. The van der Waals surface area contributed by atoms with E-state index in [0.29, 0.717) is 0 Å². The predicted molar refractivity (Wildman–Crippen MR) is 73.3 cm³/mol. The van der Waals surface area contributed by atoms with Gasteiger partial charge in [0.2, 0.25) is 0 Å². The van der Waals surface area contributed by atoms with Crippen molar-refractivity contribution in [3.63, 3.8) is 0 Å². The number of rotatable bonds is 4. The highest BCUT2D eigenvalue weighted by atomic mass is 32.2. The maximum Gasteiger partial charge on any atom is 0.0897 e. The molecular weight excluding hydrogens is 236 g/mol. The Balaban J connectivity index is 1.94. The summed E-state index contributed by atoms with van der Waals surface area (Å²) in [5.74, 6) is 0. The van der Waals surface area contributed by atoms with Crippen LogP contribution < -0.4 is 0 Å². The van der Waals surface area contributed by atoms with E-state index in [1.807, 2.05) is 11.8 Å². The lowest BCUT2D eigenvalue weighted by Crippen LogP contribution is -2.35. The number of nitrogens with zero attached hydrogens (tertiary/aromatic N) is 2. The molecule has 2 rings (SSSR count). The van der Waals surface area contributed by atoms with E-state index in [2.05, 4.69) is 35.5 Å². The quantitative estimate of drug-likeness (QED) is 0.823. The molecule has 1 aromatic rings. The monoisotopic (exact) mass is 256 g/mol. The summed E-state index contributed by atoms with van der Waals surface area (Å²) in [4.78, 5) is 7.03. The standard InChI is InChI=1S/C12H20N2S2/c1-9-13-10(8-16-9)7-14(2)11-5-4-6-12(11)15-3/h8,11-12H,4-7H2,1-3H3/t11-,12+/m1/s1. The van der Waals surface area contributed by atoms with E-state index in [9.17, 15) is 0 Å². The zero-order valence-corrected chi connectivity index (χ0v) is 11.9. The van der Waals surface area contributed by atoms with Gasteiger partial charge in [0.25, 0.3) is 0 Å². The summed E-state index contributed by atoms with van der Waals surface area (Å²) in [6, 6.07) is 0.747. The van der Waals surface area contributed by atoms with Crippen molar-refractivity contribution in [2.75, 3.05) is 13.3 Å². The molecule has 2 atom stereocenters. The Morgan fingerprint density at radius 3 is 3.00 bits per heavy atom. The van der Waals surface area contributed by atoms with Gasteiger partial charge < -0.3 is 0 Å². The second kappa shape index (κ2) is 5.52. The first-order chi connectivity index (χ1) is 7.70. The molecule has 1 aromatic heterocycles. The van der Waals surface area contributed by atoms with Crippen LogP contribution in [-0.4, -0.2) is 34.5 Å². The minimum atomic E-state index is 0.747. The topological polar surface area (TPSA) is 16.1 Å². The van der Waals surface area contributed by atoms with E-state index < -0.39 is 0 Å². The van der Waals surface area contributed by atoms with Crippen LogP contribution in [0.1, 0.15) is 30.0 Å². The van der Waals surface area contributed by atoms with Crippen LogP contribution in [0.5, 0.6) is 0 Å². The number of aromatic nitrogens is 1. The third-order valence-electron chi connectivity index (χ3n) is 3.36. The van der Waals surface area contributed by atoms with Crippen LogP contribution in [0.4, 0.5) is 0 Å². The molecule has 1 fully saturated rings. The zero-order valence-electron chi connectivity index (χ0n) is 10.3. The highest BCUT2D eigenvalue weighted by Gasteiger charge is 2.29. The molecule has 0 spiro atoms. The second-order valence-electron chi connectivity index (χ2n) is 4.55. The lowest BCUT2D eigenvalue weighted by Gasteiger charge is -2.28. The summed E-state index contributed by atoms with van der Waals surface area (Å²) in [5.41, 5.74) is 1.23. The van der Waals surface area contributed by atoms with Gasteiger partial charge in [0.1, 0.15) is 0 Å². The smallest absolute Gasteiger partial charge is 0.0897 e. The van der Waals surface area contributed by atoms with Crippen LogP contribution in [0.2, 0.25) is 0 Å². The van der Waals surface area contributed by atoms with Crippen LogP contribution in [0.15, 0.2) is 5.38 Å². The Bertz CT molecular complexity index is 338. The maximum absolute atomic E-state index is 4.54. The molecule has 0 bridgehead atoms. The SMILES string of the molecule is CS[C@H]1CCC[C@H]1N(C)Cc1csc(C)n1. The molecule has 0 aromatic carbocycles. The normalized spacial score (nSPS) is 25.5. The number of hydrogen-bond acceptors (Lipinski definition) is 4. The van der Waals surface area contributed by atoms with E-state index >= 15 is 0 Å². The summed E-state index contributed by atoms with van der Waals surface area (Å²) in [5, 5.41) is 4.19. The maximum atomic E-state index is 4.54. The molecular formula is C12H20N2S2. The van der Waals surface area contributed by atoms with Crippen LogP contribution in [0, 0.1) is 6.92 Å². The molecule has 0 saturated heterocycles. The highest BCUT2D eigenvalue weighted by molar-refractivity contribution is 7.99. The van der Waals surface area contributed by atoms with E-state index in [1.54, 1.807) is 11.3 Å². The average Bonchev–Trinajstić information content (AvgIpc) is 2.86. The molecule has 0 amide bonds. The van der Waals surface area contributed by atoms with Crippen molar-refractivity contribution in [3.05, 3.63) is 16.1 Å². The van der Waals surface area contributed by atoms with E-state index in [4.69, 9.17) is 0 Å². The molecule has 16 heavy (non-hydrogen) atoms. The minimum absolute atomic E-state index is 0.747. The Hall–Kier alpha value is -0.0600. The summed E-state index contributed by atoms with van der Waals surface area (Å²) in [6.07, 6.45) is 6.36. The first-order valence-electron chi connectivity index (χ1n) is 5.84. The van der Waals surface area contributed by atoms with Gasteiger partial charge in [0, 0.05) is 23.2 Å². The van der Waals surface area contributed by atoms with Crippen LogP contribution in [0.25, 0.3) is 0 Å². The van der Waals surface area contributed by atoms with Crippen molar-refractivity contribution in [2.24, 2.45) is 0 Å². The van der Waals surface area contributed by atoms with Gasteiger partial charge in [0.05, 0.1) is 10.7 Å². The molecule has 0 radical (unpaired) electrons. The third-order valence-corrected chi connectivity index (χ3v) is 5.34. The van der Waals surface area contributed by atoms with Crippen molar-refractivity contribution >= 4 is 23.1 Å². The van der Waals surface area contributed by atoms with Crippen LogP contribution in [0.3, 0.4) is 0 Å². The molecule has 2 nitrogen and oxygen atoms in total. The first kappa shape index (κ1) is 12.4. The van der Waals surface area contributed by atoms with Gasteiger partial charge in [-0.15, -0.1) is 11.3 Å². The van der Waals surface area contributed by atoms with Crippen molar-refractivity contribution in [1.82, 2.24) is 9.88 Å². The molecule has 4 heteroatoms. The molecule has 90 valence electrons. The van der Waals surface area contributed by atoms with Gasteiger partial charge in [-0.1, -0.05) is 6.42 Å². The van der Waals surface area contributed by atoms with Crippen LogP contribution in [-0.2, 0) is 6.54 Å².